The van der Waals surface area contributed by atoms with Crippen LogP contribution in [0.25, 0.3) is 0 Å². The molecule has 130 valence electrons. The Morgan fingerprint density at radius 1 is 1.50 bits per heavy atom. The van der Waals surface area contributed by atoms with Crippen LogP contribution in [0.4, 0.5) is 5.69 Å². The van der Waals surface area contributed by atoms with E-state index in [0.29, 0.717) is 12.5 Å². The van der Waals surface area contributed by atoms with Crippen molar-refractivity contribution in [1.29, 1.82) is 0 Å². The number of hydrogen-bond acceptors (Lipinski definition) is 3. The third kappa shape index (κ3) is 3.82. The van der Waals surface area contributed by atoms with E-state index in [-0.39, 0.29) is 5.91 Å². The molecule has 1 aromatic rings. The maximum atomic E-state index is 12.9. The number of halogens is 1. The quantitative estimate of drug-likeness (QED) is 0.765. The van der Waals surface area contributed by atoms with Crippen molar-refractivity contribution in [3.63, 3.8) is 0 Å². The largest absolute Gasteiger partial charge is 0.310 e. The molecule has 1 saturated heterocycles. The van der Waals surface area contributed by atoms with Crippen molar-refractivity contribution in [1.82, 2.24) is 9.80 Å². The minimum Gasteiger partial charge on any atom is -0.310 e. The van der Waals surface area contributed by atoms with E-state index < -0.39 is 0 Å². The van der Waals surface area contributed by atoms with Crippen LogP contribution in [0, 0.1) is 0 Å². The minimum absolute atomic E-state index is 0.197. The second-order valence-corrected chi connectivity index (χ2v) is 7.28. The molecule has 2 aliphatic heterocycles. The Morgan fingerprint density at radius 2 is 2.33 bits per heavy atom. The highest BCUT2D eigenvalue weighted by Gasteiger charge is 2.33. The number of carbonyl (C=O) groups excluding carboxylic acids is 1. The first-order valence-corrected chi connectivity index (χ1v) is 9.08. The van der Waals surface area contributed by atoms with Gasteiger partial charge in [0.1, 0.15) is 0 Å². The van der Waals surface area contributed by atoms with Crippen LogP contribution in [0.5, 0.6) is 0 Å². The van der Waals surface area contributed by atoms with Crippen LogP contribution in [-0.4, -0.2) is 55.0 Å². The number of rotatable bonds is 5. The number of likely N-dealkylation sites (N-methyl/N-ethyl adjacent to an activating group) is 1. The molecule has 3 rings (SSSR count). The highest BCUT2D eigenvalue weighted by atomic mass is 35.5. The zero-order valence-electron chi connectivity index (χ0n) is 14.4. The first-order valence-electron chi connectivity index (χ1n) is 8.71. The van der Waals surface area contributed by atoms with E-state index in [9.17, 15) is 4.79 Å². The lowest BCUT2D eigenvalue weighted by Crippen LogP contribution is -2.41. The number of fused-ring (bicyclic) bond motifs is 2. The number of anilines is 1. The van der Waals surface area contributed by atoms with Crippen molar-refractivity contribution in [3.05, 3.63) is 41.4 Å². The molecule has 0 N–H and O–H groups in total. The topological polar surface area (TPSA) is 26.8 Å². The summed E-state index contributed by atoms with van der Waals surface area (Å²) in [5.74, 6) is 0.197. The summed E-state index contributed by atoms with van der Waals surface area (Å²) in [6.45, 7) is 8.09. The zero-order chi connectivity index (χ0) is 17.1. The average molecular weight is 348 g/mol. The highest BCUT2D eigenvalue weighted by molar-refractivity contribution is 6.30. The van der Waals surface area contributed by atoms with Gasteiger partial charge >= 0.3 is 0 Å². The van der Waals surface area contributed by atoms with Gasteiger partial charge in [0, 0.05) is 49.4 Å². The molecule has 1 fully saturated rings. The first kappa shape index (κ1) is 17.5. The van der Waals surface area contributed by atoms with Gasteiger partial charge in [0.2, 0.25) is 5.91 Å². The standard InChI is InChI=1S/C19H26ClN3O/c1-3-9-21(2)11-8-19(24)23-14-17-5-4-10-22(17)13-15-12-16(20)6-7-18(15)23/h3,6-7,12,17H,1,4-5,8-11,13-14H2,2H3. The van der Waals surface area contributed by atoms with Crippen LogP contribution < -0.4 is 4.90 Å². The lowest BCUT2D eigenvalue weighted by atomic mass is 10.1. The number of nitrogens with zero attached hydrogens (tertiary/aromatic N) is 3. The van der Waals surface area contributed by atoms with Gasteiger partial charge in [-0.15, -0.1) is 6.58 Å². The molecule has 0 bridgehead atoms. The summed E-state index contributed by atoms with van der Waals surface area (Å²) in [5, 5.41) is 0.740. The lowest BCUT2D eigenvalue weighted by molar-refractivity contribution is -0.119. The maximum absolute atomic E-state index is 12.9. The molecule has 0 saturated carbocycles. The second kappa shape index (κ2) is 7.68. The van der Waals surface area contributed by atoms with E-state index in [1.54, 1.807) is 0 Å². The molecule has 5 heteroatoms. The summed E-state index contributed by atoms with van der Waals surface area (Å²) in [4.78, 5) is 19.5. The van der Waals surface area contributed by atoms with Crippen molar-refractivity contribution >= 4 is 23.2 Å². The van der Waals surface area contributed by atoms with E-state index in [0.717, 1.165) is 43.4 Å². The van der Waals surface area contributed by atoms with Crippen LogP contribution in [0.15, 0.2) is 30.9 Å². The predicted octanol–water partition coefficient (Wildman–Crippen LogP) is 3.16. The Kier molecular flexibility index (Phi) is 5.59. The maximum Gasteiger partial charge on any atom is 0.228 e. The molecule has 0 spiro atoms. The summed E-state index contributed by atoms with van der Waals surface area (Å²) in [7, 11) is 2.02. The summed E-state index contributed by atoms with van der Waals surface area (Å²) in [6.07, 6.45) is 4.77. The van der Waals surface area contributed by atoms with Crippen LogP contribution in [0.2, 0.25) is 5.02 Å². The van der Waals surface area contributed by atoms with Gasteiger partial charge < -0.3 is 9.80 Å². The van der Waals surface area contributed by atoms with Gasteiger partial charge in [0.25, 0.3) is 0 Å². The number of carbonyl (C=O) groups is 1. The molecule has 0 aliphatic carbocycles. The summed E-state index contributed by atoms with van der Waals surface area (Å²) < 4.78 is 0. The molecule has 2 heterocycles. The Morgan fingerprint density at radius 3 is 3.12 bits per heavy atom. The molecule has 1 unspecified atom stereocenters. The van der Waals surface area contributed by atoms with Crippen LogP contribution in [-0.2, 0) is 11.3 Å². The molecule has 0 radical (unpaired) electrons. The lowest BCUT2D eigenvalue weighted by Gasteiger charge is -2.27. The van der Waals surface area contributed by atoms with Gasteiger partial charge in [-0.05, 0) is 50.2 Å². The highest BCUT2D eigenvalue weighted by Crippen LogP contribution is 2.33. The van der Waals surface area contributed by atoms with E-state index in [1.807, 2.05) is 36.2 Å². The number of amides is 1. The van der Waals surface area contributed by atoms with Crippen LogP contribution in [0.3, 0.4) is 0 Å². The summed E-state index contributed by atoms with van der Waals surface area (Å²) >= 11 is 6.20. The average Bonchev–Trinajstić information content (AvgIpc) is 2.92. The fraction of sp³-hybridized carbons (Fsp3) is 0.526. The zero-order valence-corrected chi connectivity index (χ0v) is 15.1. The molecular formula is C19H26ClN3O. The third-order valence-electron chi connectivity index (χ3n) is 5.05. The van der Waals surface area contributed by atoms with Gasteiger partial charge in [0.15, 0.2) is 0 Å². The Hall–Kier alpha value is -1.36. The number of hydrogen-bond donors (Lipinski definition) is 0. The van der Waals surface area contributed by atoms with Crippen molar-refractivity contribution in [2.75, 3.05) is 38.1 Å². The van der Waals surface area contributed by atoms with Crippen molar-refractivity contribution in [3.8, 4) is 0 Å². The van der Waals surface area contributed by atoms with E-state index in [2.05, 4.69) is 16.4 Å². The fourth-order valence-electron chi connectivity index (χ4n) is 3.75. The molecule has 24 heavy (non-hydrogen) atoms. The second-order valence-electron chi connectivity index (χ2n) is 6.84. The van der Waals surface area contributed by atoms with Gasteiger partial charge in [-0.1, -0.05) is 17.7 Å². The molecule has 2 aliphatic rings. The van der Waals surface area contributed by atoms with Gasteiger partial charge in [0.05, 0.1) is 0 Å². The van der Waals surface area contributed by atoms with E-state index in [1.165, 1.54) is 18.4 Å². The Labute approximate surface area is 149 Å². The van der Waals surface area contributed by atoms with Crippen molar-refractivity contribution < 1.29 is 4.79 Å². The van der Waals surface area contributed by atoms with Crippen molar-refractivity contribution in [2.45, 2.75) is 31.8 Å². The minimum atomic E-state index is 0.197. The van der Waals surface area contributed by atoms with Gasteiger partial charge in [-0.2, -0.15) is 0 Å². The molecule has 1 amide bonds. The van der Waals surface area contributed by atoms with Crippen molar-refractivity contribution in [2.24, 2.45) is 0 Å². The van der Waals surface area contributed by atoms with E-state index >= 15 is 0 Å². The molecule has 1 atom stereocenters. The Bertz CT molecular complexity index is 619. The monoisotopic (exact) mass is 347 g/mol. The predicted molar refractivity (Wildman–Crippen MR) is 99.5 cm³/mol. The first-order chi connectivity index (χ1) is 11.6. The summed E-state index contributed by atoms with van der Waals surface area (Å²) in [5.41, 5.74) is 2.20. The van der Waals surface area contributed by atoms with E-state index in [4.69, 9.17) is 11.6 Å². The van der Waals surface area contributed by atoms with Crippen LogP contribution >= 0.6 is 11.6 Å². The number of benzene rings is 1. The molecule has 4 nitrogen and oxygen atoms in total. The third-order valence-corrected chi connectivity index (χ3v) is 5.28. The molecular weight excluding hydrogens is 322 g/mol. The summed E-state index contributed by atoms with van der Waals surface area (Å²) in [6, 6.07) is 6.37. The molecule has 0 aromatic heterocycles. The smallest absolute Gasteiger partial charge is 0.228 e. The van der Waals surface area contributed by atoms with Gasteiger partial charge in [-0.3, -0.25) is 9.69 Å². The fourth-order valence-corrected chi connectivity index (χ4v) is 3.95. The molecule has 1 aromatic carbocycles. The SMILES string of the molecule is C=CCN(C)CCC(=O)N1CC2CCCN2Cc2cc(Cl)ccc21. The Balaban J connectivity index is 1.80. The normalized spacial score (nSPS) is 20.6. The van der Waals surface area contributed by atoms with Gasteiger partial charge in [-0.25, -0.2) is 0 Å². The van der Waals surface area contributed by atoms with Crippen LogP contribution in [0.1, 0.15) is 24.8 Å².